The number of anilines is 1. The highest BCUT2D eigenvalue weighted by Crippen LogP contribution is 2.25. The Kier molecular flexibility index (Phi) is 4.40. The van der Waals surface area contributed by atoms with E-state index >= 15 is 0 Å². The quantitative estimate of drug-likeness (QED) is 0.807. The van der Waals surface area contributed by atoms with Crippen LogP contribution < -0.4 is 5.32 Å². The molecule has 0 aromatic heterocycles. The van der Waals surface area contributed by atoms with Gasteiger partial charge in [-0.3, -0.25) is 4.79 Å². The molecule has 0 saturated heterocycles. The third-order valence-electron chi connectivity index (χ3n) is 2.76. The molecule has 1 amide bonds. The van der Waals surface area contributed by atoms with Crippen LogP contribution in [0, 0.1) is 18.6 Å². The lowest BCUT2D eigenvalue weighted by atomic mass is 10.1. The van der Waals surface area contributed by atoms with E-state index in [0.29, 0.717) is 10.6 Å². The minimum absolute atomic E-state index is 0.254. The number of halogens is 4. The lowest BCUT2D eigenvalue weighted by Crippen LogP contribution is -2.15. The normalized spacial score (nSPS) is 10.4. The fourth-order valence-electron chi connectivity index (χ4n) is 1.70. The predicted molar refractivity (Wildman–Crippen MR) is 78.2 cm³/mol. The Balaban J connectivity index is 2.36. The molecule has 0 aliphatic heterocycles. The van der Waals surface area contributed by atoms with Crippen molar-refractivity contribution >= 4 is 39.1 Å². The van der Waals surface area contributed by atoms with E-state index in [0.717, 1.165) is 12.1 Å². The largest absolute Gasteiger partial charge is 0.317 e. The van der Waals surface area contributed by atoms with Crippen LogP contribution in [-0.2, 0) is 0 Å². The monoisotopic (exact) mass is 359 g/mol. The van der Waals surface area contributed by atoms with Gasteiger partial charge in [-0.05, 0) is 36.8 Å². The van der Waals surface area contributed by atoms with E-state index in [-0.39, 0.29) is 10.0 Å². The summed E-state index contributed by atoms with van der Waals surface area (Å²) in [7, 11) is 0. The Bertz CT molecular complexity index is 668. The number of carbonyl (C=O) groups excluding carboxylic acids is 1. The maximum Gasteiger partial charge on any atom is 0.256 e. The average Bonchev–Trinajstić information content (AvgIpc) is 2.36. The molecule has 0 bridgehead atoms. The second-order valence-corrected chi connectivity index (χ2v) is 5.43. The molecule has 104 valence electrons. The second-order valence-electron chi connectivity index (χ2n) is 4.11. The first kappa shape index (κ1) is 14.9. The Hall–Kier alpha value is -1.46. The molecule has 0 saturated carbocycles. The maximum absolute atomic E-state index is 13.7. The van der Waals surface area contributed by atoms with Crippen molar-refractivity contribution in [2.45, 2.75) is 6.92 Å². The number of nitrogens with one attached hydrogen (secondary N) is 1. The van der Waals surface area contributed by atoms with Gasteiger partial charge in [-0.15, -0.1) is 0 Å². The standard InChI is InChI=1S/C14H9BrClF2NO/c1-7-9(3-2-4-10(7)16)14(20)19-13-11(17)5-8(15)6-12(13)18/h2-6H,1H3,(H,19,20). The Labute approximate surface area is 127 Å². The van der Waals surface area contributed by atoms with Gasteiger partial charge in [0.25, 0.3) is 5.91 Å². The van der Waals surface area contributed by atoms with Gasteiger partial charge in [-0.25, -0.2) is 8.78 Å². The van der Waals surface area contributed by atoms with Gasteiger partial charge >= 0.3 is 0 Å². The molecule has 2 aromatic carbocycles. The van der Waals surface area contributed by atoms with Crippen LogP contribution in [0.25, 0.3) is 0 Å². The molecule has 0 atom stereocenters. The summed E-state index contributed by atoms with van der Waals surface area (Å²) >= 11 is 8.88. The molecule has 0 radical (unpaired) electrons. The van der Waals surface area contributed by atoms with E-state index in [1.165, 1.54) is 6.07 Å². The van der Waals surface area contributed by atoms with Crippen molar-refractivity contribution in [3.8, 4) is 0 Å². The second kappa shape index (κ2) is 5.89. The maximum atomic E-state index is 13.7. The molecule has 2 nitrogen and oxygen atoms in total. The highest BCUT2D eigenvalue weighted by atomic mass is 79.9. The Morgan fingerprint density at radius 2 is 1.85 bits per heavy atom. The number of hydrogen-bond donors (Lipinski definition) is 1. The molecule has 6 heteroatoms. The van der Waals surface area contributed by atoms with E-state index in [1.54, 1.807) is 19.1 Å². The third-order valence-corrected chi connectivity index (χ3v) is 3.63. The van der Waals surface area contributed by atoms with E-state index < -0.39 is 23.2 Å². The molecule has 0 unspecified atom stereocenters. The summed E-state index contributed by atoms with van der Waals surface area (Å²) in [6.45, 7) is 1.66. The SMILES string of the molecule is Cc1c(Cl)cccc1C(=O)Nc1c(F)cc(Br)cc1F. The molecule has 0 spiro atoms. The van der Waals surface area contributed by atoms with Crippen LogP contribution in [0.4, 0.5) is 14.5 Å². The number of benzene rings is 2. The highest BCUT2D eigenvalue weighted by Gasteiger charge is 2.16. The third kappa shape index (κ3) is 2.99. The van der Waals surface area contributed by atoms with Crippen molar-refractivity contribution < 1.29 is 13.6 Å². The van der Waals surface area contributed by atoms with Gasteiger partial charge < -0.3 is 5.32 Å². The van der Waals surface area contributed by atoms with Gasteiger partial charge in [-0.2, -0.15) is 0 Å². The van der Waals surface area contributed by atoms with E-state index in [4.69, 9.17) is 11.6 Å². The van der Waals surface area contributed by atoms with Crippen molar-refractivity contribution in [1.82, 2.24) is 0 Å². The van der Waals surface area contributed by atoms with Crippen LogP contribution in [0.15, 0.2) is 34.8 Å². The average molecular weight is 361 g/mol. The van der Waals surface area contributed by atoms with Crippen molar-refractivity contribution in [3.63, 3.8) is 0 Å². The van der Waals surface area contributed by atoms with Gasteiger partial charge in [0.2, 0.25) is 0 Å². The predicted octanol–water partition coefficient (Wildman–Crippen LogP) is 4.94. The summed E-state index contributed by atoms with van der Waals surface area (Å²) in [4.78, 5) is 12.1. The molecule has 0 fully saturated rings. The molecule has 0 aliphatic carbocycles. The summed E-state index contributed by atoms with van der Waals surface area (Å²) in [5.74, 6) is -2.33. The lowest BCUT2D eigenvalue weighted by molar-refractivity contribution is 0.102. The molecular formula is C14H9BrClF2NO. The van der Waals surface area contributed by atoms with Crippen molar-refractivity contribution in [2.75, 3.05) is 5.32 Å². The van der Waals surface area contributed by atoms with Crippen molar-refractivity contribution in [3.05, 3.63) is 62.6 Å². The fourth-order valence-corrected chi connectivity index (χ4v) is 2.27. The Morgan fingerprint density at radius 3 is 2.45 bits per heavy atom. The molecular weight excluding hydrogens is 352 g/mol. The topological polar surface area (TPSA) is 29.1 Å². The van der Waals surface area contributed by atoms with Crippen LogP contribution in [0.3, 0.4) is 0 Å². The van der Waals surface area contributed by atoms with Crippen molar-refractivity contribution in [2.24, 2.45) is 0 Å². The first-order chi connectivity index (χ1) is 9.40. The van der Waals surface area contributed by atoms with Crippen LogP contribution in [-0.4, -0.2) is 5.91 Å². The summed E-state index contributed by atoms with van der Waals surface area (Å²) in [5, 5.41) is 2.63. The van der Waals surface area contributed by atoms with E-state index in [1.807, 2.05) is 0 Å². The number of hydrogen-bond acceptors (Lipinski definition) is 1. The zero-order chi connectivity index (χ0) is 14.9. The molecule has 1 N–H and O–H groups in total. The minimum Gasteiger partial charge on any atom is -0.317 e. The van der Waals surface area contributed by atoms with Crippen molar-refractivity contribution in [1.29, 1.82) is 0 Å². The van der Waals surface area contributed by atoms with Gasteiger partial charge in [0.15, 0.2) is 11.6 Å². The van der Waals surface area contributed by atoms with Crippen LogP contribution >= 0.6 is 27.5 Å². The van der Waals surface area contributed by atoms with E-state index in [2.05, 4.69) is 21.2 Å². The van der Waals surface area contributed by atoms with Crippen LogP contribution in [0.5, 0.6) is 0 Å². The Morgan fingerprint density at radius 1 is 1.25 bits per heavy atom. The number of carbonyl (C=O) groups is 1. The van der Waals surface area contributed by atoms with Gasteiger partial charge in [0.05, 0.1) is 0 Å². The fraction of sp³-hybridized carbons (Fsp3) is 0.0714. The molecule has 20 heavy (non-hydrogen) atoms. The highest BCUT2D eigenvalue weighted by molar-refractivity contribution is 9.10. The lowest BCUT2D eigenvalue weighted by Gasteiger charge is -2.10. The molecule has 0 aliphatic rings. The number of amides is 1. The zero-order valence-corrected chi connectivity index (χ0v) is 12.6. The zero-order valence-electron chi connectivity index (χ0n) is 10.3. The minimum atomic E-state index is -0.857. The van der Waals surface area contributed by atoms with Gasteiger partial charge in [0.1, 0.15) is 5.69 Å². The molecule has 2 rings (SSSR count). The van der Waals surface area contributed by atoms with Gasteiger partial charge in [0, 0.05) is 15.1 Å². The van der Waals surface area contributed by atoms with Gasteiger partial charge in [-0.1, -0.05) is 33.6 Å². The summed E-state index contributed by atoms with van der Waals surface area (Å²) in [5.41, 5.74) is 0.321. The molecule has 0 heterocycles. The smallest absolute Gasteiger partial charge is 0.256 e. The van der Waals surface area contributed by atoms with Crippen LogP contribution in [0.2, 0.25) is 5.02 Å². The first-order valence-electron chi connectivity index (χ1n) is 5.61. The first-order valence-corrected chi connectivity index (χ1v) is 6.78. The number of rotatable bonds is 2. The summed E-state index contributed by atoms with van der Waals surface area (Å²) in [6, 6.07) is 6.91. The van der Waals surface area contributed by atoms with Crippen LogP contribution in [0.1, 0.15) is 15.9 Å². The van der Waals surface area contributed by atoms with E-state index in [9.17, 15) is 13.6 Å². The summed E-state index contributed by atoms with van der Waals surface area (Å²) < 4.78 is 27.6. The summed E-state index contributed by atoms with van der Waals surface area (Å²) in [6.07, 6.45) is 0. The molecule has 2 aromatic rings.